The maximum atomic E-state index is 12.6. The van der Waals surface area contributed by atoms with E-state index in [2.05, 4.69) is 79.1 Å². The third-order valence-corrected chi connectivity index (χ3v) is 9.20. The average molecular weight is 782 g/mol. The number of hydrogen-bond acceptors (Lipinski definition) is 9. The van der Waals surface area contributed by atoms with E-state index in [4.69, 9.17) is 24.8 Å². The van der Waals surface area contributed by atoms with Crippen molar-refractivity contribution in [2.45, 2.75) is 167 Å². The molecule has 310 valence electrons. The third-order valence-electron chi connectivity index (χ3n) is 8.25. The van der Waals surface area contributed by atoms with Gasteiger partial charge in [0.15, 0.2) is 6.10 Å². The van der Waals surface area contributed by atoms with E-state index < -0.39 is 51.1 Å². The van der Waals surface area contributed by atoms with Gasteiger partial charge in [-0.05, 0) is 77.0 Å². The van der Waals surface area contributed by atoms with Crippen molar-refractivity contribution in [2.75, 3.05) is 19.8 Å². The van der Waals surface area contributed by atoms with E-state index in [0.29, 0.717) is 12.8 Å². The number of rotatable bonds is 37. The summed E-state index contributed by atoms with van der Waals surface area (Å²) in [6, 6.07) is -1.53. The average Bonchev–Trinajstić information content (AvgIpc) is 3.14. The van der Waals surface area contributed by atoms with Gasteiger partial charge < -0.3 is 25.2 Å². The van der Waals surface area contributed by atoms with Gasteiger partial charge in [0.1, 0.15) is 12.6 Å². The van der Waals surface area contributed by atoms with Crippen molar-refractivity contribution in [1.29, 1.82) is 0 Å². The first kappa shape index (κ1) is 51.2. The SMILES string of the molecule is CC/C=C\C/C=C\C/C=C\CCCCCC(=O)OC(COC(=O)CCCCCCCCC/C=C\C/C=C\CCCCC)COP(=O)(O)OCC(N)C(=O)O. The molecule has 0 aromatic rings. The fraction of sp³-hybridized carbons (Fsp3) is 0.690. The number of phosphoric ester groups is 1. The van der Waals surface area contributed by atoms with E-state index in [1.807, 2.05) is 0 Å². The molecule has 0 spiro atoms. The molecule has 4 N–H and O–H groups in total. The zero-order valence-corrected chi connectivity index (χ0v) is 34.2. The van der Waals surface area contributed by atoms with Gasteiger partial charge in [-0.2, -0.15) is 0 Å². The number of aliphatic carboxylic acids is 1. The van der Waals surface area contributed by atoms with Gasteiger partial charge in [0.05, 0.1) is 13.2 Å². The van der Waals surface area contributed by atoms with E-state index >= 15 is 0 Å². The first-order chi connectivity index (χ1) is 26.1. The zero-order valence-electron chi connectivity index (χ0n) is 33.3. The van der Waals surface area contributed by atoms with Crippen LogP contribution in [0.5, 0.6) is 0 Å². The van der Waals surface area contributed by atoms with E-state index in [-0.39, 0.29) is 19.4 Å². The van der Waals surface area contributed by atoms with Crippen LogP contribution in [0.3, 0.4) is 0 Å². The monoisotopic (exact) mass is 781 g/mol. The second kappa shape index (κ2) is 37.1. The summed E-state index contributed by atoms with van der Waals surface area (Å²) in [5.41, 5.74) is 5.32. The summed E-state index contributed by atoms with van der Waals surface area (Å²) in [6.45, 7) is 2.60. The number of carboxylic acids is 1. The van der Waals surface area contributed by atoms with Crippen LogP contribution in [0.15, 0.2) is 60.8 Å². The highest BCUT2D eigenvalue weighted by molar-refractivity contribution is 7.47. The van der Waals surface area contributed by atoms with Crippen LogP contribution in [0.25, 0.3) is 0 Å². The fourth-order valence-electron chi connectivity index (χ4n) is 5.05. The molecule has 0 radical (unpaired) electrons. The Hall–Kier alpha value is -2.82. The summed E-state index contributed by atoms with van der Waals surface area (Å²) in [5, 5.41) is 8.87. The summed E-state index contributed by atoms with van der Waals surface area (Å²) >= 11 is 0. The highest BCUT2D eigenvalue weighted by Gasteiger charge is 2.28. The molecular weight excluding hydrogens is 709 g/mol. The minimum Gasteiger partial charge on any atom is -0.480 e. The Kier molecular flexibility index (Phi) is 35.2. The van der Waals surface area contributed by atoms with Crippen LogP contribution in [-0.2, 0) is 37.5 Å². The Balaban J connectivity index is 4.44. The van der Waals surface area contributed by atoms with Gasteiger partial charge >= 0.3 is 25.7 Å². The molecule has 3 unspecified atom stereocenters. The second-order valence-corrected chi connectivity index (χ2v) is 14.8. The molecule has 54 heavy (non-hydrogen) atoms. The number of carbonyl (C=O) groups excluding carboxylic acids is 2. The molecule has 0 heterocycles. The molecule has 0 saturated carbocycles. The van der Waals surface area contributed by atoms with Gasteiger partial charge in [0, 0.05) is 12.8 Å². The molecular formula is C42H72NO10P. The van der Waals surface area contributed by atoms with Crippen LogP contribution in [0, 0.1) is 0 Å². The van der Waals surface area contributed by atoms with Crippen LogP contribution in [-0.4, -0.2) is 59.9 Å². The lowest BCUT2D eigenvalue weighted by atomic mass is 10.1. The summed E-state index contributed by atoms with van der Waals surface area (Å²) in [5.74, 6) is -2.44. The minimum atomic E-state index is -4.72. The lowest BCUT2D eigenvalue weighted by molar-refractivity contribution is -0.161. The molecule has 0 bridgehead atoms. The molecule has 0 aliphatic rings. The van der Waals surface area contributed by atoms with Crippen LogP contribution in [0.1, 0.15) is 155 Å². The topological polar surface area (TPSA) is 172 Å². The number of carbonyl (C=O) groups is 3. The van der Waals surface area contributed by atoms with E-state index in [1.54, 1.807) is 0 Å². The summed E-state index contributed by atoms with van der Waals surface area (Å²) in [6.07, 6.45) is 41.5. The summed E-state index contributed by atoms with van der Waals surface area (Å²) < 4.78 is 32.6. The standard InChI is InChI=1S/C42H72NO10P/c1-3-5-7-9-11-13-15-17-18-19-20-22-23-25-27-29-31-33-40(44)50-35-38(36-51-54(48,49)52-37-39(43)42(46)47)53-41(45)34-32-30-28-26-24-21-16-14-12-10-8-6-4-2/h6,8,11-14,17-18,21,24,38-39H,3-5,7,9-10,15-16,19-20,22-23,25-37,43H2,1-2H3,(H,46,47)(H,48,49)/b8-6-,13-11-,14-12-,18-17-,24-21-. The smallest absolute Gasteiger partial charge is 0.472 e. The molecule has 0 fully saturated rings. The third kappa shape index (κ3) is 36.2. The molecule has 12 heteroatoms. The molecule has 11 nitrogen and oxygen atoms in total. The zero-order chi connectivity index (χ0) is 40.0. The first-order valence-corrected chi connectivity index (χ1v) is 21.8. The number of allylic oxidation sites excluding steroid dienone is 10. The van der Waals surface area contributed by atoms with Gasteiger partial charge in [-0.1, -0.05) is 126 Å². The Morgan fingerprint density at radius 2 is 1.04 bits per heavy atom. The van der Waals surface area contributed by atoms with Crippen molar-refractivity contribution in [2.24, 2.45) is 5.73 Å². The Labute approximate surface area is 326 Å². The van der Waals surface area contributed by atoms with Gasteiger partial charge in [0.2, 0.25) is 0 Å². The molecule has 0 aromatic carbocycles. The van der Waals surface area contributed by atoms with Crippen molar-refractivity contribution in [3.05, 3.63) is 60.8 Å². The van der Waals surface area contributed by atoms with Crippen molar-refractivity contribution in [1.82, 2.24) is 0 Å². The van der Waals surface area contributed by atoms with E-state index in [0.717, 1.165) is 77.0 Å². The number of hydrogen-bond donors (Lipinski definition) is 3. The molecule has 0 aliphatic carbocycles. The Bertz CT molecular complexity index is 1150. The second-order valence-electron chi connectivity index (χ2n) is 13.4. The van der Waals surface area contributed by atoms with Crippen molar-refractivity contribution in [3.63, 3.8) is 0 Å². The Morgan fingerprint density at radius 3 is 1.57 bits per heavy atom. The predicted molar refractivity (Wildman–Crippen MR) is 217 cm³/mol. The van der Waals surface area contributed by atoms with E-state index in [9.17, 15) is 23.8 Å². The predicted octanol–water partition coefficient (Wildman–Crippen LogP) is 10.4. The van der Waals surface area contributed by atoms with Gasteiger partial charge in [-0.25, -0.2) is 4.57 Å². The Morgan fingerprint density at radius 1 is 0.593 bits per heavy atom. The fourth-order valence-corrected chi connectivity index (χ4v) is 5.83. The van der Waals surface area contributed by atoms with Crippen LogP contribution in [0.2, 0.25) is 0 Å². The van der Waals surface area contributed by atoms with Gasteiger partial charge in [-0.15, -0.1) is 0 Å². The van der Waals surface area contributed by atoms with E-state index in [1.165, 1.54) is 38.5 Å². The van der Waals surface area contributed by atoms with Gasteiger partial charge in [0.25, 0.3) is 0 Å². The maximum Gasteiger partial charge on any atom is 0.472 e. The normalized spacial score (nSPS) is 14.4. The number of phosphoric acid groups is 1. The van der Waals surface area contributed by atoms with Crippen molar-refractivity contribution in [3.8, 4) is 0 Å². The number of carboxylic acid groups (broad SMARTS) is 1. The highest BCUT2D eigenvalue weighted by Crippen LogP contribution is 2.43. The molecule has 0 aliphatic heterocycles. The van der Waals surface area contributed by atoms with Gasteiger partial charge in [-0.3, -0.25) is 23.4 Å². The molecule has 0 rings (SSSR count). The van der Waals surface area contributed by atoms with Crippen LogP contribution >= 0.6 is 7.82 Å². The highest BCUT2D eigenvalue weighted by atomic mass is 31.2. The largest absolute Gasteiger partial charge is 0.480 e. The number of ether oxygens (including phenoxy) is 2. The molecule has 0 aromatic heterocycles. The lowest BCUT2D eigenvalue weighted by Crippen LogP contribution is -2.34. The molecule has 0 amide bonds. The van der Waals surface area contributed by atoms with Crippen molar-refractivity contribution < 1.29 is 47.5 Å². The van der Waals surface area contributed by atoms with Crippen LogP contribution < -0.4 is 5.73 Å². The quantitative estimate of drug-likeness (QED) is 0.0237. The summed E-state index contributed by atoms with van der Waals surface area (Å²) in [7, 11) is -4.72. The number of esters is 2. The minimum absolute atomic E-state index is 0.122. The van der Waals surface area contributed by atoms with Crippen LogP contribution in [0.4, 0.5) is 0 Å². The number of unbranched alkanes of at least 4 members (excludes halogenated alkanes) is 13. The molecule has 0 saturated heterocycles. The first-order valence-electron chi connectivity index (χ1n) is 20.3. The lowest BCUT2D eigenvalue weighted by Gasteiger charge is -2.20. The van der Waals surface area contributed by atoms with Crippen molar-refractivity contribution >= 4 is 25.7 Å². The molecule has 3 atom stereocenters. The maximum absolute atomic E-state index is 12.6. The summed E-state index contributed by atoms with van der Waals surface area (Å²) in [4.78, 5) is 45.8. The number of nitrogens with two attached hydrogens (primary N) is 1.